The number of hydrogen-bond donors (Lipinski definition) is 1. The standard InChI is InChI=1S/C19H19N3OS2/c23-17(13-14-24-16-9-5-2-6-10-16)20-19-22-21-18(25-19)12-11-15-7-3-1-4-8-15/h1-10H,11-14H2,(H,20,22,23). The molecule has 0 unspecified atom stereocenters. The summed E-state index contributed by atoms with van der Waals surface area (Å²) in [5, 5.41) is 12.6. The summed E-state index contributed by atoms with van der Waals surface area (Å²) < 4.78 is 0. The van der Waals surface area contributed by atoms with Gasteiger partial charge < -0.3 is 5.32 Å². The predicted molar refractivity (Wildman–Crippen MR) is 104 cm³/mol. The number of thioether (sulfide) groups is 1. The molecule has 6 heteroatoms. The van der Waals surface area contributed by atoms with Crippen molar-refractivity contribution in [2.24, 2.45) is 0 Å². The van der Waals surface area contributed by atoms with Gasteiger partial charge in [0.15, 0.2) is 0 Å². The lowest BCUT2D eigenvalue weighted by molar-refractivity contribution is -0.115. The van der Waals surface area contributed by atoms with Crippen LogP contribution in [0.25, 0.3) is 0 Å². The van der Waals surface area contributed by atoms with Gasteiger partial charge in [-0.05, 0) is 24.1 Å². The van der Waals surface area contributed by atoms with Gasteiger partial charge in [0.05, 0.1) is 0 Å². The number of benzene rings is 2. The van der Waals surface area contributed by atoms with Crippen LogP contribution in [0.2, 0.25) is 0 Å². The van der Waals surface area contributed by atoms with E-state index in [1.807, 2.05) is 48.5 Å². The normalized spacial score (nSPS) is 10.6. The summed E-state index contributed by atoms with van der Waals surface area (Å²) in [6.07, 6.45) is 2.22. The lowest BCUT2D eigenvalue weighted by Gasteiger charge is -2.01. The number of anilines is 1. The van der Waals surface area contributed by atoms with Crippen molar-refractivity contribution in [3.05, 3.63) is 71.2 Å². The van der Waals surface area contributed by atoms with Crippen LogP contribution < -0.4 is 5.32 Å². The Morgan fingerprint density at radius 1 is 0.960 bits per heavy atom. The number of aryl methyl sites for hydroxylation is 2. The summed E-state index contributed by atoms with van der Waals surface area (Å²) in [5.41, 5.74) is 1.28. The monoisotopic (exact) mass is 369 g/mol. The van der Waals surface area contributed by atoms with Crippen LogP contribution in [0, 0.1) is 0 Å². The van der Waals surface area contributed by atoms with E-state index in [0.717, 1.165) is 23.6 Å². The molecule has 0 saturated carbocycles. The van der Waals surface area contributed by atoms with E-state index in [4.69, 9.17) is 0 Å². The van der Waals surface area contributed by atoms with Crippen molar-refractivity contribution in [3.63, 3.8) is 0 Å². The van der Waals surface area contributed by atoms with Crippen LogP contribution in [-0.4, -0.2) is 21.9 Å². The highest BCUT2D eigenvalue weighted by molar-refractivity contribution is 7.99. The van der Waals surface area contributed by atoms with E-state index in [1.54, 1.807) is 11.8 Å². The molecule has 1 amide bonds. The van der Waals surface area contributed by atoms with Gasteiger partial charge in [-0.3, -0.25) is 4.79 Å². The highest BCUT2D eigenvalue weighted by Crippen LogP contribution is 2.20. The molecule has 1 aromatic heterocycles. The van der Waals surface area contributed by atoms with Gasteiger partial charge in [-0.25, -0.2) is 0 Å². The van der Waals surface area contributed by atoms with Gasteiger partial charge in [-0.2, -0.15) is 0 Å². The fraction of sp³-hybridized carbons (Fsp3) is 0.211. The highest BCUT2D eigenvalue weighted by Gasteiger charge is 2.08. The van der Waals surface area contributed by atoms with Crippen molar-refractivity contribution in [2.45, 2.75) is 24.2 Å². The van der Waals surface area contributed by atoms with Crippen molar-refractivity contribution in [1.82, 2.24) is 10.2 Å². The predicted octanol–water partition coefficient (Wildman–Crippen LogP) is 4.44. The van der Waals surface area contributed by atoms with Crippen LogP contribution in [0.3, 0.4) is 0 Å². The summed E-state index contributed by atoms with van der Waals surface area (Å²) in [4.78, 5) is 13.2. The van der Waals surface area contributed by atoms with E-state index in [1.165, 1.54) is 21.8 Å². The Balaban J connectivity index is 1.40. The van der Waals surface area contributed by atoms with Gasteiger partial charge in [0.1, 0.15) is 5.01 Å². The summed E-state index contributed by atoms with van der Waals surface area (Å²) in [7, 11) is 0. The lowest BCUT2D eigenvalue weighted by atomic mass is 10.1. The third-order valence-electron chi connectivity index (χ3n) is 3.52. The maximum atomic E-state index is 12.0. The second kappa shape index (κ2) is 9.34. The fourth-order valence-electron chi connectivity index (χ4n) is 2.26. The molecule has 1 N–H and O–H groups in total. The topological polar surface area (TPSA) is 54.9 Å². The molecule has 0 aliphatic carbocycles. The maximum absolute atomic E-state index is 12.0. The van der Waals surface area contributed by atoms with Gasteiger partial charge in [-0.1, -0.05) is 59.9 Å². The van der Waals surface area contributed by atoms with E-state index in [9.17, 15) is 4.79 Å². The molecule has 3 rings (SSSR count). The summed E-state index contributed by atoms with van der Waals surface area (Å²) in [6, 6.07) is 20.4. The molecule has 0 aliphatic rings. The molecular formula is C19H19N3OS2. The van der Waals surface area contributed by atoms with E-state index in [0.29, 0.717) is 11.6 Å². The molecule has 4 nitrogen and oxygen atoms in total. The summed E-state index contributed by atoms with van der Waals surface area (Å²) in [6.45, 7) is 0. The lowest BCUT2D eigenvalue weighted by Crippen LogP contribution is -2.11. The molecule has 0 aliphatic heterocycles. The van der Waals surface area contributed by atoms with Crippen molar-refractivity contribution in [3.8, 4) is 0 Å². The van der Waals surface area contributed by atoms with Gasteiger partial charge in [-0.15, -0.1) is 22.0 Å². The van der Waals surface area contributed by atoms with Crippen LogP contribution in [0.4, 0.5) is 5.13 Å². The Kier molecular flexibility index (Phi) is 6.59. The van der Waals surface area contributed by atoms with E-state index >= 15 is 0 Å². The molecule has 1 heterocycles. The average Bonchev–Trinajstić information content (AvgIpc) is 3.09. The van der Waals surface area contributed by atoms with Crippen LogP contribution in [0.1, 0.15) is 17.0 Å². The van der Waals surface area contributed by atoms with Crippen molar-refractivity contribution < 1.29 is 4.79 Å². The van der Waals surface area contributed by atoms with Gasteiger partial charge in [0.2, 0.25) is 11.0 Å². The molecule has 0 radical (unpaired) electrons. The number of carbonyl (C=O) groups is 1. The smallest absolute Gasteiger partial charge is 0.227 e. The molecular weight excluding hydrogens is 350 g/mol. The van der Waals surface area contributed by atoms with E-state index in [2.05, 4.69) is 27.6 Å². The molecule has 128 valence electrons. The maximum Gasteiger partial charge on any atom is 0.227 e. The first kappa shape index (κ1) is 17.6. The van der Waals surface area contributed by atoms with E-state index < -0.39 is 0 Å². The number of carbonyl (C=O) groups excluding carboxylic acids is 1. The minimum atomic E-state index is -0.0193. The third kappa shape index (κ3) is 5.99. The van der Waals surface area contributed by atoms with Crippen molar-refractivity contribution >= 4 is 34.1 Å². The Hall–Kier alpha value is -2.18. The average molecular weight is 370 g/mol. The zero-order valence-electron chi connectivity index (χ0n) is 13.7. The Morgan fingerprint density at radius 2 is 1.68 bits per heavy atom. The van der Waals surface area contributed by atoms with Crippen LogP contribution in [0.15, 0.2) is 65.6 Å². The summed E-state index contributed by atoms with van der Waals surface area (Å²) in [5.74, 6) is 0.726. The number of amides is 1. The molecule has 0 saturated heterocycles. The highest BCUT2D eigenvalue weighted by atomic mass is 32.2. The Bertz CT molecular complexity index is 791. The number of aromatic nitrogens is 2. The van der Waals surface area contributed by atoms with Crippen LogP contribution >= 0.6 is 23.1 Å². The largest absolute Gasteiger partial charge is 0.301 e. The number of nitrogens with zero attached hydrogens (tertiary/aromatic N) is 2. The number of rotatable bonds is 8. The summed E-state index contributed by atoms with van der Waals surface area (Å²) >= 11 is 3.13. The molecule has 3 aromatic rings. The van der Waals surface area contributed by atoms with Crippen molar-refractivity contribution in [1.29, 1.82) is 0 Å². The second-order valence-electron chi connectivity index (χ2n) is 5.45. The van der Waals surface area contributed by atoms with Crippen LogP contribution in [-0.2, 0) is 17.6 Å². The molecule has 2 aromatic carbocycles. The van der Waals surface area contributed by atoms with E-state index in [-0.39, 0.29) is 5.91 Å². The third-order valence-corrected chi connectivity index (χ3v) is 5.44. The zero-order chi connectivity index (χ0) is 17.3. The first-order valence-corrected chi connectivity index (χ1v) is 9.94. The minimum absolute atomic E-state index is 0.0193. The second-order valence-corrected chi connectivity index (χ2v) is 7.68. The zero-order valence-corrected chi connectivity index (χ0v) is 15.4. The minimum Gasteiger partial charge on any atom is -0.301 e. The molecule has 0 spiro atoms. The van der Waals surface area contributed by atoms with Crippen LogP contribution in [0.5, 0.6) is 0 Å². The molecule has 0 bridgehead atoms. The molecule has 25 heavy (non-hydrogen) atoms. The SMILES string of the molecule is O=C(CCSc1ccccc1)Nc1nnc(CCc2ccccc2)s1. The fourth-order valence-corrected chi connectivity index (χ4v) is 3.89. The first-order chi connectivity index (χ1) is 12.3. The Labute approximate surface area is 155 Å². The molecule has 0 atom stereocenters. The van der Waals surface area contributed by atoms with Gasteiger partial charge in [0.25, 0.3) is 0 Å². The molecule has 0 fully saturated rings. The van der Waals surface area contributed by atoms with Crippen molar-refractivity contribution in [2.75, 3.05) is 11.1 Å². The Morgan fingerprint density at radius 3 is 2.44 bits per heavy atom. The quantitative estimate of drug-likeness (QED) is 0.596. The van der Waals surface area contributed by atoms with Gasteiger partial charge in [0, 0.05) is 23.5 Å². The number of hydrogen-bond acceptors (Lipinski definition) is 5. The van der Waals surface area contributed by atoms with Gasteiger partial charge >= 0.3 is 0 Å². The first-order valence-electron chi connectivity index (χ1n) is 8.13. The number of nitrogens with one attached hydrogen (secondary N) is 1.